The van der Waals surface area contributed by atoms with Crippen LogP contribution < -0.4 is 0 Å². The highest BCUT2D eigenvalue weighted by atomic mass is 32.1. The molecule has 4 aromatic heterocycles. The summed E-state index contributed by atoms with van der Waals surface area (Å²) in [6.45, 7) is 0. The minimum atomic E-state index is 0.572. The lowest BCUT2D eigenvalue weighted by molar-refractivity contribution is 0.669. The molecule has 0 amide bonds. The second kappa shape index (κ2) is 10.9. The molecule has 238 valence electrons. The zero-order valence-corrected chi connectivity index (χ0v) is 27.9. The van der Waals surface area contributed by atoms with Crippen molar-refractivity contribution in [2.45, 2.75) is 0 Å². The number of aromatic nitrogens is 4. The Morgan fingerprint density at radius 2 is 1.04 bits per heavy atom. The maximum absolute atomic E-state index is 6.30. The van der Waals surface area contributed by atoms with E-state index in [1.54, 1.807) is 0 Å². The zero-order valence-electron chi connectivity index (χ0n) is 27.1. The average molecular weight is 671 g/mol. The summed E-state index contributed by atoms with van der Waals surface area (Å²) in [5, 5.41) is 6.97. The third-order valence-corrected chi connectivity index (χ3v) is 11.1. The molecule has 0 bridgehead atoms. The summed E-state index contributed by atoms with van der Waals surface area (Å²) < 4.78 is 11.0. The second-order valence-corrected chi connectivity index (χ2v) is 13.9. The average Bonchev–Trinajstić information content (AvgIpc) is 3.87. The molecule has 6 heteroatoms. The van der Waals surface area contributed by atoms with E-state index in [0.717, 1.165) is 60.6 Å². The molecule has 0 spiro atoms. The number of fused-ring (bicyclic) bond motifs is 10. The summed E-state index contributed by atoms with van der Waals surface area (Å²) in [4.78, 5) is 15.6. The van der Waals surface area contributed by atoms with Gasteiger partial charge in [-0.3, -0.25) is 4.57 Å². The third kappa shape index (κ3) is 4.37. The molecular formula is C45H26N4OS. The minimum Gasteiger partial charge on any atom is -0.456 e. The van der Waals surface area contributed by atoms with Crippen LogP contribution in [0.3, 0.4) is 0 Å². The standard InChI is InChI=1S/C45H26N4OS/c1-2-10-27(11-3-1)28-18-20-29(21-19-28)43-46-44(30-22-23-33-32-13-5-8-16-38(32)50-39(33)26-30)48-45(47-43)49-37-15-7-4-12-31(37)35-24-25-36-34-14-6-9-17-40(34)51-42(36)41(35)49/h1-26H. The predicted molar refractivity (Wildman–Crippen MR) is 211 cm³/mol. The lowest BCUT2D eigenvalue weighted by atomic mass is 10.0. The van der Waals surface area contributed by atoms with Crippen molar-refractivity contribution in [1.82, 2.24) is 19.5 Å². The van der Waals surface area contributed by atoms with Crippen molar-refractivity contribution < 1.29 is 4.42 Å². The van der Waals surface area contributed by atoms with Gasteiger partial charge in [-0.25, -0.2) is 4.98 Å². The van der Waals surface area contributed by atoms with Gasteiger partial charge < -0.3 is 4.42 Å². The van der Waals surface area contributed by atoms with Gasteiger partial charge in [-0.1, -0.05) is 127 Å². The fraction of sp³-hybridized carbons (Fsp3) is 0. The van der Waals surface area contributed by atoms with Crippen LogP contribution in [0.1, 0.15) is 0 Å². The highest BCUT2D eigenvalue weighted by molar-refractivity contribution is 7.26. The van der Waals surface area contributed by atoms with Gasteiger partial charge in [0.2, 0.25) is 5.95 Å². The SMILES string of the molecule is c1ccc(-c2ccc(-c3nc(-c4ccc5c(c4)oc4ccccc45)nc(-n4c5ccccc5c5ccc6c7ccccc7sc6c54)n3)cc2)cc1. The molecule has 0 fully saturated rings. The predicted octanol–water partition coefficient (Wildman–Crippen LogP) is 12.2. The van der Waals surface area contributed by atoms with Crippen molar-refractivity contribution in [3.8, 4) is 39.9 Å². The molecule has 0 aliphatic carbocycles. The first-order valence-corrected chi connectivity index (χ1v) is 17.8. The highest BCUT2D eigenvalue weighted by Crippen LogP contribution is 2.43. The van der Waals surface area contributed by atoms with Crippen molar-refractivity contribution in [2.75, 3.05) is 0 Å². The first kappa shape index (κ1) is 28.2. The number of benzene rings is 7. The lowest BCUT2D eigenvalue weighted by Gasteiger charge is -2.11. The number of para-hydroxylation sites is 2. The van der Waals surface area contributed by atoms with Gasteiger partial charge in [0.1, 0.15) is 11.2 Å². The lowest BCUT2D eigenvalue weighted by Crippen LogP contribution is -2.06. The molecule has 0 N–H and O–H groups in total. The highest BCUT2D eigenvalue weighted by Gasteiger charge is 2.21. The number of furan rings is 1. The number of hydrogen-bond acceptors (Lipinski definition) is 5. The van der Waals surface area contributed by atoms with E-state index in [2.05, 4.69) is 132 Å². The third-order valence-electron chi connectivity index (χ3n) is 9.89. The summed E-state index contributed by atoms with van der Waals surface area (Å²) in [7, 11) is 0. The Labute approximate surface area is 295 Å². The Morgan fingerprint density at radius 1 is 0.431 bits per heavy atom. The van der Waals surface area contributed by atoms with Gasteiger partial charge in [-0.15, -0.1) is 11.3 Å². The summed E-state index contributed by atoms with van der Waals surface area (Å²) in [6, 6.07) is 54.9. The van der Waals surface area contributed by atoms with E-state index in [-0.39, 0.29) is 0 Å². The van der Waals surface area contributed by atoms with Crippen molar-refractivity contribution in [3.05, 3.63) is 158 Å². The van der Waals surface area contributed by atoms with Crippen LogP contribution in [0.5, 0.6) is 0 Å². The monoisotopic (exact) mass is 670 g/mol. The van der Waals surface area contributed by atoms with Gasteiger partial charge in [0.05, 0.1) is 15.7 Å². The summed E-state index contributed by atoms with van der Waals surface area (Å²) in [5.74, 6) is 1.76. The second-order valence-electron chi connectivity index (χ2n) is 12.8. The molecule has 0 radical (unpaired) electrons. The maximum Gasteiger partial charge on any atom is 0.238 e. The van der Waals surface area contributed by atoms with Gasteiger partial charge >= 0.3 is 0 Å². The van der Waals surface area contributed by atoms with Crippen LogP contribution in [0.2, 0.25) is 0 Å². The molecule has 0 saturated heterocycles. The Balaban J connectivity index is 1.19. The van der Waals surface area contributed by atoms with Crippen molar-refractivity contribution in [3.63, 3.8) is 0 Å². The molecule has 0 saturated carbocycles. The van der Waals surface area contributed by atoms with Crippen LogP contribution in [0, 0.1) is 0 Å². The van der Waals surface area contributed by atoms with Crippen LogP contribution in [0.4, 0.5) is 0 Å². The number of thiophene rings is 1. The molecule has 0 unspecified atom stereocenters. The van der Waals surface area contributed by atoms with E-state index in [1.165, 1.54) is 25.6 Å². The Bertz CT molecular complexity index is 3140. The van der Waals surface area contributed by atoms with E-state index < -0.39 is 0 Å². The van der Waals surface area contributed by atoms with E-state index >= 15 is 0 Å². The largest absolute Gasteiger partial charge is 0.456 e. The quantitative estimate of drug-likeness (QED) is 0.187. The number of nitrogens with zero attached hydrogens (tertiary/aromatic N) is 4. The molecule has 7 aromatic carbocycles. The normalized spacial score (nSPS) is 11.9. The molecule has 11 rings (SSSR count). The van der Waals surface area contributed by atoms with Crippen molar-refractivity contribution in [2.24, 2.45) is 0 Å². The molecule has 4 heterocycles. The molecule has 0 atom stereocenters. The van der Waals surface area contributed by atoms with Crippen molar-refractivity contribution in [1.29, 1.82) is 0 Å². The fourth-order valence-corrected chi connectivity index (χ4v) is 8.71. The molecule has 51 heavy (non-hydrogen) atoms. The summed E-state index contributed by atoms with van der Waals surface area (Å²) in [6.07, 6.45) is 0. The molecular weight excluding hydrogens is 645 g/mol. The van der Waals surface area contributed by atoms with E-state index in [4.69, 9.17) is 19.4 Å². The minimum absolute atomic E-state index is 0.572. The van der Waals surface area contributed by atoms with Crippen LogP contribution in [0.15, 0.2) is 162 Å². The molecule has 5 nitrogen and oxygen atoms in total. The van der Waals surface area contributed by atoms with Crippen LogP contribution in [-0.2, 0) is 0 Å². The van der Waals surface area contributed by atoms with Crippen LogP contribution in [-0.4, -0.2) is 19.5 Å². The zero-order chi connectivity index (χ0) is 33.5. The Kier molecular flexibility index (Phi) is 6.05. The fourth-order valence-electron chi connectivity index (χ4n) is 7.47. The van der Waals surface area contributed by atoms with Gasteiger partial charge in [-0.2, -0.15) is 9.97 Å². The first-order valence-electron chi connectivity index (χ1n) is 16.9. The maximum atomic E-state index is 6.30. The van der Waals surface area contributed by atoms with Crippen LogP contribution >= 0.6 is 11.3 Å². The van der Waals surface area contributed by atoms with E-state index in [0.29, 0.717) is 17.6 Å². The topological polar surface area (TPSA) is 56.7 Å². The van der Waals surface area contributed by atoms with Gasteiger partial charge in [0.15, 0.2) is 11.6 Å². The summed E-state index contributed by atoms with van der Waals surface area (Å²) >= 11 is 1.81. The Morgan fingerprint density at radius 3 is 1.90 bits per heavy atom. The molecule has 11 aromatic rings. The molecule has 0 aliphatic rings. The molecule has 0 aliphatic heterocycles. The Hall–Kier alpha value is -6.63. The van der Waals surface area contributed by atoms with Crippen molar-refractivity contribution >= 4 is 75.3 Å². The van der Waals surface area contributed by atoms with Gasteiger partial charge in [0, 0.05) is 48.1 Å². The number of hydrogen-bond donors (Lipinski definition) is 0. The summed E-state index contributed by atoms with van der Waals surface area (Å²) in [5.41, 5.74) is 7.89. The van der Waals surface area contributed by atoms with Gasteiger partial charge in [-0.05, 0) is 41.5 Å². The van der Waals surface area contributed by atoms with Crippen LogP contribution in [0.25, 0.3) is 104 Å². The smallest absolute Gasteiger partial charge is 0.238 e. The first-order chi connectivity index (χ1) is 25.3. The van der Waals surface area contributed by atoms with E-state index in [9.17, 15) is 0 Å². The van der Waals surface area contributed by atoms with Gasteiger partial charge in [0.25, 0.3) is 0 Å². The van der Waals surface area contributed by atoms with E-state index in [1.807, 2.05) is 41.7 Å². The number of rotatable bonds is 4.